The predicted molar refractivity (Wildman–Crippen MR) is 79.7 cm³/mol. The fourth-order valence-electron chi connectivity index (χ4n) is 2.97. The second kappa shape index (κ2) is 6.60. The van der Waals surface area contributed by atoms with Crippen LogP contribution in [0.15, 0.2) is 12.1 Å². The van der Waals surface area contributed by atoms with Crippen LogP contribution in [0.2, 0.25) is 0 Å². The Bertz CT molecular complexity index is 407. The Morgan fingerprint density at radius 3 is 2.11 bits per heavy atom. The Morgan fingerprint density at radius 1 is 1.16 bits per heavy atom. The molecule has 4 N–H and O–H groups in total. The molecule has 0 aliphatic heterocycles. The van der Waals surface area contributed by atoms with Gasteiger partial charge in [0, 0.05) is 0 Å². The maximum absolute atomic E-state index is 10.3. The van der Waals surface area contributed by atoms with E-state index in [1.807, 2.05) is 26.0 Å². The van der Waals surface area contributed by atoms with Crippen LogP contribution in [0.4, 0.5) is 0 Å². The first-order valence-corrected chi connectivity index (χ1v) is 6.74. The summed E-state index contributed by atoms with van der Waals surface area (Å²) >= 11 is 0. The highest BCUT2D eigenvalue weighted by atomic mass is 35.5. The lowest BCUT2D eigenvalue weighted by atomic mass is 9.89. The summed E-state index contributed by atoms with van der Waals surface area (Å²) < 4.78 is 0. The molecule has 0 bridgehead atoms. The molecule has 0 radical (unpaired) electrons. The van der Waals surface area contributed by atoms with Gasteiger partial charge >= 0.3 is 0 Å². The number of aromatic hydroxyl groups is 1. The molecule has 1 saturated carbocycles. The molecule has 19 heavy (non-hydrogen) atoms. The van der Waals surface area contributed by atoms with Crippen molar-refractivity contribution in [1.82, 2.24) is 0 Å². The van der Waals surface area contributed by atoms with E-state index in [2.05, 4.69) is 0 Å². The summed E-state index contributed by atoms with van der Waals surface area (Å²) in [4.78, 5) is 0. The van der Waals surface area contributed by atoms with Crippen molar-refractivity contribution in [3.8, 4) is 5.75 Å². The average molecular weight is 286 g/mol. The number of aliphatic hydroxyl groups excluding tert-OH is 1. The predicted octanol–water partition coefficient (Wildman–Crippen LogP) is 2.98. The van der Waals surface area contributed by atoms with Crippen LogP contribution in [0.3, 0.4) is 0 Å². The zero-order valence-electron chi connectivity index (χ0n) is 11.6. The van der Waals surface area contributed by atoms with Gasteiger partial charge in [0.1, 0.15) is 5.75 Å². The maximum atomic E-state index is 10.3. The van der Waals surface area contributed by atoms with E-state index in [1.165, 1.54) is 12.8 Å². The molecule has 2 rings (SSSR count). The van der Waals surface area contributed by atoms with Gasteiger partial charge in [0.2, 0.25) is 0 Å². The number of phenols is 1. The molecule has 4 heteroatoms. The highest BCUT2D eigenvalue weighted by Crippen LogP contribution is 2.34. The summed E-state index contributed by atoms with van der Waals surface area (Å²) in [5.74, 6) is 0.649. The van der Waals surface area contributed by atoms with Crippen LogP contribution in [-0.4, -0.2) is 16.3 Å². The third-order valence-electron chi connectivity index (χ3n) is 4.15. The summed E-state index contributed by atoms with van der Waals surface area (Å²) in [6.07, 6.45) is 4.07. The number of hydrogen-bond donors (Lipinski definition) is 3. The van der Waals surface area contributed by atoms with Crippen molar-refractivity contribution in [3.63, 3.8) is 0 Å². The zero-order chi connectivity index (χ0) is 13.3. The monoisotopic (exact) mass is 285 g/mol. The number of phenolic OH excluding ortho intramolecular Hbond substituents is 1. The SMILES string of the molecule is Cc1cc([C@@H](N)[C@@H](O)C2CCCC2)cc(C)c1O.Cl. The number of aliphatic hydroxyl groups is 1. The van der Waals surface area contributed by atoms with Crippen molar-refractivity contribution in [2.24, 2.45) is 11.7 Å². The highest BCUT2D eigenvalue weighted by molar-refractivity contribution is 5.85. The van der Waals surface area contributed by atoms with Crippen molar-refractivity contribution >= 4 is 12.4 Å². The Kier molecular flexibility index (Phi) is 5.65. The smallest absolute Gasteiger partial charge is 0.121 e. The van der Waals surface area contributed by atoms with Crippen LogP contribution in [0, 0.1) is 19.8 Å². The summed E-state index contributed by atoms with van der Waals surface area (Å²) in [5.41, 5.74) is 8.73. The zero-order valence-corrected chi connectivity index (χ0v) is 12.4. The van der Waals surface area contributed by atoms with Crippen molar-refractivity contribution < 1.29 is 10.2 Å². The number of rotatable bonds is 3. The van der Waals surface area contributed by atoms with Gasteiger partial charge in [-0.05, 0) is 49.3 Å². The molecule has 0 aromatic heterocycles. The third-order valence-corrected chi connectivity index (χ3v) is 4.15. The Labute approximate surface area is 121 Å². The van der Waals surface area contributed by atoms with E-state index >= 15 is 0 Å². The van der Waals surface area contributed by atoms with Crippen LogP contribution in [-0.2, 0) is 0 Å². The van der Waals surface area contributed by atoms with E-state index in [0.29, 0.717) is 11.7 Å². The lowest BCUT2D eigenvalue weighted by Crippen LogP contribution is -2.32. The third kappa shape index (κ3) is 3.41. The van der Waals surface area contributed by atoms with Gasteiger partial charge in [0.15, 0.2) is 0 Å². The van der Waals surface area contributed by atoms with E-state index in [9.17, 15) is 10.2 Å². The lowest BCUT2D eigenvalue weighted by molar-refractivity contribution is 0.0844. The van der Waals surface area contributed by atoms with Gasteiger partial charge < -0.3 is 15.9 Å². The fourth-order valence-corrected chi connectivity index (χ4v) is 2.97. The molecule has 1 fully saturated rings. The van der Waals surface area contributed by atoms with Crippen LogP contribution in [0.5, 0.6) is 5.75 Å². The quantitative estimate of drug-likeness (QED) is 0.800. The number of hydrogen-bond acceptors (Lipinski definition) is 3. The Morgan fingerprint density at radius 2 is 1.63 bits per heavy atom. The molecule has 108 valence electrons. The van der Waals surface area contributed by atoms with E-state index in [4.69, 9.17) is 5.73 Å². The van der Waals surface area contributed by atoms with E-state index < -0.39 is 6.10 Å². The van der Waals surface area contributed by atoms with Crippen molar-refractivity contribution in [1.29, 1.82) is 0 Å². The van der Waals surface area contributed by atoms with Gasteiger partial charge in [-0.2, -0.15) is 0 Å². The molecule has 0 amide bonds. The summed E-state index contributed by atoms with van der Waals surface area (Å²) in [6.45, 7) is 3.72. The molecular formula is C15H24ClNO2. The van der Waals surface area contributed by atoms with Gasteiger partial charge in [-0.3, -0.25) is 0 Å². The number of aryl methyl sites for hydroxylation is 2. The van der Waals surface area contributed by atoms with Crippen LogP contribution < -0.4 is 5.73 Å². The number of halogens is 1. The van der Waals surface area contributed by atoms with Gasteiger partial charge in [0.05, 0.1) is 12.1 Å². The average Bonchev–Trinajstić information content (AvgIpc) is 2.87. The first-order chi connectivity index (χ1) is 8.50. The minimum atomic E-state index is -0.476. The standard InChI is InChI=1S/C15H23NO2.ClH/c1-9-7-12(8-10(2)14(9)17)13(16)15(18)11-5-3-4-6-11;/h7-8,11,13,15,17-18H,3-6,16H2,1-2H3;1H/t13-,15+;/m1./s1. The van der Waals surface area contributed by atoms with E-state index in [-0.39, 0.29) is 18.4 Å². The largest absolute Gasteiger partial charge is 0.507 e. The minimum Gasteiger partial charge on any atom is -0.507 e. The topological polar surface area (TPSA) is 66.5 Å². The molecule has 0 saturated heterocycles. The van der Waals surface area contributed by atoms with Gasteiger partial charge in [-0.15, -0.1) is 12.4 Å². The minimum absolute atomic E-state index is 0. The van der Waals surface area contributed by atoms with Gasteiger partial charge in [-0.25, -0.2) is 0 Å². The molecule has 0 spiro atoms. The van der Waals surface area contributed by atoms with E-state index in [0.717, 1.165) is 29.5 Å². The van der Waals surface area contributed by atoms with Crippen molar-refractivity contribution in [3.05, 3.63) is 28.8 Å². The fraction of sp³-hybridized carbons (Fsp3) is 0.600. The molecule has 0 heterocycles. The van der Waals surface area contributed by atoms with Crippen LogP contribution >= 0.6 is 12.4 Å². The molecule has 2 atom stereocenters. The molecule has 1 aliphatic carbocycles. The number of nitrogens with two attached hydrogens (primary N) is 1. The summed E-state index contributed by atoms with van der Waals surface area (Å²) in [7, 11) is 0. The lowest BCUT2D eigenvalue weighted by Gasteiger charge is -2.25. The van der Waals surface area contributed by atoms with Crippen molar-refractivity contribution in [2.45, 2.75) is 51.7 Å². The van der Waals surface area contributed by atoms with Gasteiger partial charge in [0.25, 0.3) is 0 Å². The highest BCUT2D eigenvalue weighted by Gasteiger charge is 2.29. The number of benzene rings is 1. The molecule has 0 unspecified atom stereocenters. The first-order valence-electron chi connectivity index (χ1n) is 6.74. The second-order valence-corrected chi connectivity index (χ2v) is 5.56. The van der Waals surface area contributed by atoms with Crippen LogP contribution in [0.25, 0.3) is 0 Å². The van der Waals surface area contributed by atoms with Crippen molar-refractivity contribution in [2.75, 3.05) is 0 Å². The summed E-state index contributed by atoms with van der Waals surface area (Å²) in [6, 6.07) is 3.40. The molecule has 1 aliphatic rings. The summed E-state index contributed by atoms with van der Waals surface area (Å²) in [5, 5.41) is 20.1. The Hall–Kier alpha value is -0.770. The molecule has 3 nitrogen and oxygen atoms in total. The molecule has 1 aromatic rings. The normalized spacial score (nSPS) is 18.9. The van der Waals surface area contributed by atoms with Crippen LogP contribution in [0.1, 0.15) is 48.4 Å². The first kappa shape index (κ1) is 16.3. The van der Waals surface area contributed by atoms with E-state index in [1.54, 1.807) is 0 Å². The van der Waals surface area contributed by atoms with Gasteiger partial charge in [-0.1, -0.05) is 25.0 Å². The Balaban J connectivity index is 0.00000180. The maximum Gasteiger partial charge on any atom is 0.121 e. The second-order valence-electron chi connectivity index (χ2n) is 5.56. The molecular weight excluding hydrogens is 262 g/mol. The molecule has 1 aromatic carbocycles.